The Balaban J connectivity index is 2.53. The smallest absolute Gasteiger partial charge is 0.432 e. The van der Waals surface area contributed by atoms with E-state index >= 15 is 0 Å². The molecule has 140 valence electrons. The van der Waals surface area contributed by atoms with Gasteiger partial charge in [0.05, 0.1) is 18.5 Å². The van der Waals surface area contributed by atoms with Gasteiger partial charge in [-0.25, -0.2) is 4.79 Å². The van der Waals surface area contributed by atoms with E-state index in [0.717, 1.165) is 8.92 Å². The van der Waals surface area contributed by atoms with Crippen LogP contribution in [0.15, 0.2) is 40.6 Å². The second kappa shape index (κ2) is 8.66. The summed E-state index contributed by atoms with van der Waals surface area (Å²) in [5.74, 6) is 0.682. The maximum atomic E-state index is 11.5. The maximum absolute atomic E-state index is 11.5. The van der Waals surface area contributed by atoms with E-state index in [1.807, 2.05) is 12.5 Å². The first kappa shape index (κ1) is 20.4. The van der Waals surface area contributed by atoms with Crippen LogP contribution in [0.2, 0.25) is 0 Å². The van der Waals surface area contributed by atoms with Crippen LogP contribution in [0, 0.1) is 6.92 Å². The number of ether oxygens (including phenoxy) is 1. The Bertz CT molecular complexity index is 796. The van der Waals surface area contributed by atoms with Gasteiger partial charge in [-0.15, -0.1) is 23.5 Å². The largest absolute Gasteiger partial charge is 0.497 e. The number of hydrogen-bond donors (Lipinski definition) is 2. The molecule has 1 atom stereocenters. The van der Waals surface area contributed by atoms with Crippen LogP contribution >= 0.6 is 23.5 Å². The minimum absolute atomic E-state index is 0.0804. The number of hydrogen-bond acceptors (Lipinski definition) is 6. The number of aliphatic hydroxyl groups is 1. The zero-order chi connectivity index (χ0) is 19.3. The molecule has 2 N–H and O–H groups in total. The number of thioether (sulfide) groups is 2. The van der Waals surface area contributed by atoms with Crippen LogP contribution < -0.4 is 4.74 Å². The second-order valence-electron chi connectivity index (χ2n) is 5.67. The van der Waals surface area contributed by atoms with Crippen molar-refractivity contribution in [2.24, 2.45) is 0 Å². The van der Waals surface area contributed by atoms with E-state index in [-0.39, 0.29) is 6.42 Å². The van der Waals surface area contributed by atoms with E-state index in [9.17, 15) is 15.0 Å². The predicted octanol–water partition coefficient (Wildman–Crippen LogP) is 3.72. The topological polar surface area (TPSA) is 84.6 Å². The number of nitrogens with zero attached hydrogens (tertiary/aromatic N) is 2. The molecular formula is C18H22N2O4S2. The molecule has 8 heteroatoms. The van der Waals surface area contributed by atoms with Crippen LogP contribution in [0.3, 0.4) is 0 Å². The lowest BCUT2D eigenvalue weighted by molar-refractivity contribution is 0.0874. The lowest BCUT2D eigenvalue weighted by Crippen LogP contribution is -2.29. The Kier molecular flexibility index (Phi) is 6.80. The Morgan fingerprint density at radius 3 is 2.42 bits per heavy atom. The molecule has 1 aromatic carbocycles. The number of aryl methyl sites for hydroxylation is 1. The molecule has 0 aliphatic carbocycles. The molecule has 2 aromatic rings. The van der Waals surface area contributed by atoms with E-state index in [1.165, 1.54) is 23.5 Å². The van der Waals surface area contributed by atoms with Gasteiger partial charge in [-0.2, -0.15) is 9.78 Å². The fourth-order valence-electron chi connectivity index (χ4n) is 2.63. The van der Waals surface area contributed by atoms with Crippen LogP contribution in [-0.4, -0.2) is 45.7 Å². The molecule has 0 amide bonds. The Morgan fingerprint density at radius 1 is 1.31 bits per heavy atom. The van der Waals surface area contributed by atoms with Crippen molar-refractivity contribution in [1.82, 2.24) is 9.78 Å². The van der Waals surface area contributed by atoms with Gasteiger partial charge in [0.25, 0.3) is 0 Å². The van der Waals surface area contributed by atoms with Gasteiger partial charge >= 0.3 is 6.09 Å². The molecule has 0 spiro atoms. The summed E-state index contributed by atoms with van der Waals surface area (Å²) in [6, 6.07) is 8.77. The van der Waals surface area contributed by atoms with Gasteiger partial charge in [-0.3, -0.25) is 0 Å². The lowest BCUT2D eigenvalue weighted by atomic mass is 9.89. The minimum atomic E-state index is -1.38. The first-order valence-electron chi connectivity index (χ1n) is 7.79. The van der Waals surface area contributed by atoms with E-state index in [2.05, 4.69) is 5.10 Å². The van der Waals surface area contributed by atoms with Crippen LogP contribution in [0.4, 0.5) is 4.79 Å². The highest BCUT2D eigenvalue weighted by molar-refractivity contribution is 8.21. The lowest BCUT2D eigenvalue weighted by Gasteiger charge is -2.26. The van der Waals surface area contributed by atoms with Crippen molar-refractivity contribution in [3.8, 4) is 5.75 Å². The zero-order valence-corrected chi connectivity index (χ0v) is 16.7. The van der Waals surface area contributed by atoms with Crippen molar-refractivity contribution < 1.29 is 19.7 Å². The van der Waals surface area contributed by atoms with Gasteiger partial charge in [0, 0.05) is 10.7 Å². The predicted molar refractivity (Wildman–Crippen MR) is 106 cm³/mol. The number of carboxylic acid groups (broad SMARTS) is 1. The molecule has 0 saturated carbocycles. The summed E-state index contributed by atoms with van der Waals surface area (Å²) in [7, 11) is 1.58. The van der Waals surface area contributed by atoms with Crippen LogP contribution in [0.1, 0.15) is 17.0 Å². The monoisotopic (exact) mass is 394 g/mol. The molecule has 0 radical (unpaired) electrons. The Hall–Kier alpha value is -1.90. The third-order valence-corrected chi connectivity index (χ3v) is 5.93. The van der Waals surface area contributed by atoms with Crippen molar-refractivity contribution in [3.63, 3.8) is 0 Å². The molecule has 0 aliphatic rings. The summed E-state index contributed by atoms with van der Waals surface area (Å²) in [5.41, 5.74) is 0.270. The highest BCUT2D eigenvalue weighted by Crippen LogP contribution is 2.35. The van der Waals surface area contributed by atoms with Crippen LogP contribution in [0.25, 0.3) is 0 Å². The standard InChI is InChI=1S/C18H22N2O4S2/c1-12-9-14(20(19-12)17(21)22)10-18(23,11-16(25-3)26-4)13-5-7-15(24-2)8-6-13/h5-9,11,23H,10H2,1-4H3,(H,21,22). The van der Waals surface area contributed by atoms with E-state index in [1.54, 1.807) is 50.4 Å². The highest BCUT2D eigenvalue weighted by atomic mass is 32.2. The average Bonchev–Trinajstić information content (AvgIpc) is 3.00. The zero-order valence-electron chi connectivity index (χ0n) is 15.1. The van der Waals surface area contributed by atoms with Gasteiger partial charge in [0.1, 0.15) is 11.4 Å². The van der Waals surface area contributed by atoms with Gasteiger partial charge in [-0.1, -0.05) is 12.1 Å². The first-order chi connectivity index (χ1) is 12.3. The first-order valence-corrected chi connectivity index (χ1v) is 10.2. The average molecular weight is 395 g/mol. The third kappa shape index (κ3) is 4.63. The van der Waals surface area contributed by atoms with Gasteiger partial charge in [0.15, 0.2) is 0 Å². The maximum Gasteiger partial charge on any atom is 0.432 e. The Morgan fingerprint density at radius 2 is 1.92 bits per heavy atom. The number of rotatable bonds is 7. The molecule has 1 heterocycles. The molecule has 0 aliphatic heterocycles. The molecule has 0 bridgehead atoms. The molecular weight excluding hydrogens is 372 g/mol. The van der Waals surface area contributed by atoms with E-state index in [4.69, 9.17) is 4.74 Å². The molecule has 6 nitrogen and oxygen atoms in total. The number of aromatic nitrogens is 2. The summed E-state index contributed by atoms with van der Waals surface area (Å²) in [5, 5.41) is 24.8. The molecule has 1 unspecified atom stereocenters. The summed E-state index contributed by atoms with van der Waals surface area (Å²) < 4.78 is 7.02. The quantitative estimate of drug-likeness (QED) is 0.740. The molecule has 0 saturated heterocycles. The van der Waals surface area contributed by atoms with Crippen LogP contribution in [0.5, 0.6) is 5.75 Å². The normalized spacial score (nSPS) is 13.1. The minimum Gasteiger partial charge on any atom is -0.497 e. The SMILES string of the molecule is COc1ccc(C(O)(C=C(SC)SC)Cc2cc(C)nn2C(=O)O)cc1. The Labute approximate surface area is 161 Å². The number of benzene rings is 1. The van der Waals surface area contributed by atoms with E-state index < -0.39 is 11.7 Å². The van der Waals surface area contributed by atoms with Crippen LogP contribution in [-0.2, 0) is 12.0 Å². The molecule has 2 rings (SSSR count). The highest BCUT2D eigenvalue weighted by Gasteiger charge is 2.31. The van der Waals surface area contributed by atoms with Crippen molar-refractivity contribution in [1.29, 1.82) is 0 Å². The number of methoxy groups -OCH3 is 1. The molecule has 1 aromatic heterocycles. The summed E-state index contributed by atoms with van der Waals surface area (Å²) in [6.07, 6.45) is 4.53. The summed E-state index contributed by atoms with van der Waals surface area (Å²) >= 11 is 3.05. The van der Waals surface area contributed by atoms with Gasteiger partial charge in [-0.05, 0) is 49.3 Å². The summed E-state index contributed by atoms with van der Waals surface area (Å²) in [4.78, 5) is 11.5. The molecule has 0 fully saturated rings. The van der Waals surface area contributed by atoms with Gasteiger partial charge in [0.2, 0.25) is 0 Å². The van der Waals surface area contributed by atoms with Crippen molar-refractivity contribution in [2.75, 3.05) is 19.6 Å². The fraction of sp³-hybridized carbons (Fsp3) is 0.333. The van der Waals surface area contributed by atoms with Crippen molar-refractivity contribution in [2.45, 2.75) is 18.9 Å². The van der Waals surface area contributed by atoms with Crippen molar-refractivity contribution in [3.05, 3.63) is 57.6 Å². The van der Waals surface area contributed by atoms with Crippen molar-refractivity contribution >= 4 is 29.6 Å². The number of carbonyl (C=O) groups is 1. The third-order valence-electron chi connectivity index (χ3n) is 3.89. The molecule has 26 heavy (non-hydrogen) atoms. The van der Waals surface area contributed by atoms with E-state index in [0.29, 0.717) is 22.7 Å². The fourth-order valence-corrected chi connectivity index (χ4v) is 3.93. The van der Waals surface area contributed by atoms with Gasteiger partial charge < -0.3 is 14.9 Å². The summed E-state index contributed by atoms with van der Waals surface area (Å²) in [6.45, 7) is 1.72. The second-order valence-corrected chi connectivity index (χ2v) is 7.63.